The maximum Gasteiger partial charge on any atom is 0.233 e. The highest BCUT2D eigenvalue weighted by Gasteiger charge is 2.50. The van der Waals surface area contributed by atoms with E-state index in [1.807, 2.05) is 13.2 Å². The fourth-order valence-corrected chi connectivity index (χ4v) is 3.26. The quantitative estimate of drug-likeness (QED) is 0.803. The molecule has 1 aliphatic rings. The van der Waals surface area contributed by atoms with Crippen LogP contribution in [0.25, 0.3) is 0 Å². The summed E-state index contributed by atoms with van der Waals surface area (Å²) in [5.41, 5.74) is 7.21. The summed E-state index contributed by atoms with van der Waals surface area (Å²) >= 11 is 5.09. The summed E-state index contributed by atoms with van der Waals surface area (Å²) in [6, 6.07) is 0. The molecule has 110 valence electrons. The van der Waals surface area contributed by atoms with Crippen molar-refractivity contribution in [3.05, 3.63) is 17.5 Å². The van der Waals surface area contributed by atoms with E-state index in [4.69, 9.17) is 18.0 Å². The van der Waals surface area contributed by atoms with Gasteiger partial charge in [0.25, 0.3) is 0 Å². The van der Waals surface area contributed by atoms with Gasteiger partial charge in [-0.15, -0.1) is 0 Å². The number of hydrogen-bond acceptors (Lipinski definition) is 3. The molecule has 2 rings (SSSR count). The second-order valence-electron chi connectivity index (χ2n) is 5.77. The van der Waals surface area contributed by atoms with Crippen molar-refractivity contribution in [1.29, 1.82) is 0 Å². The minimum absolute atomic E-state index is 0.0472. The van der Waals surface area contributed by atoms with Crippen molar-refractivity contribution in [2.75, 3.05) is 0 Å². The number of nitrogens with zero attached hydrogens (tertiary/aromatic N) is 2. The van der Waals surface area contributed by atoms with Gasteiger partial charge >= 0.3 is 0 Å². The first-order valence-electron chi connectivity index (χ1n) is 6.98. The second kappa shape index (κ2) is 5.52. The van der Waals surface area contributed by atoms with E-state index < -0.39 is 5.41 Å². The zero-order chi connectivity index (χ0) is 14.9. The highest BCUT2D eigenvalue weighted by atomic mass is 32.1. The fourth-order valence-electron chi connectivity index (χ4n) is 3.00. The number of carbonyl (C=O) groups is 1. The van der Waals surface area contributed by atoms with Gasteiger partial charge in [0, 0.05) is 25.4 Å². The van der Waals surface area contributed by atoms with Gasteiger partial charge in [0.2, 0.25) is 5.91 Å². The predicted octanol–water partition coefficient (Wildman–Crippen LogP) is 1.30. The third kappa shape index (κ3) is 2.57. The summed E-state index contributed by atoms with van der Waals surface area (Å²) in [5.74, 6) is 0.459. The van der Waals surface area contributed by atoms with E-state index in [0.29, 0.717) is 17.5 Å². The highest BCUT2D eigenvalue weighted by molar-refractivity contribution is 7.80. The molecule has 0 spiro atoms. The first-order chi connectivity index (χ1) is 9.39. The van der Waals surface area contributed by atoms with Gasteiger partial charge in [-0.3, -0.25) is 9.48 Å². The SMILES string of the molecule is CCc1nn(C)cc1CNC(=O)C1(C(N)=S)CC(C)C1. The van der Waals surface area contributed by atoms with Crippen LogP contribution in [0.15, 0.2) is 6.20 Å². The molecule has 0 saturated heterocycles. The minimum atomic E-state index is -0.636. The highest BCUT2D eigenvalue weighted by Crippen LogP contribution is 2.46. The number of carbonyl (C=O) groups excluding carboxylic acids is 1. The van der Waals surface area contributed by atoms with Crippen LogP contribution in [0.5, 0.6) is 0 Å². The van der Waals surface area contributed by atoms with Crippen LogP contribution in [0.3, 0.4) is 0 Å². The van der Waals surface area contributed by atoms with E-state index in [-0.39, 0.29) is 5.91 Å². The van der Waals surface area contributed by atoms with E-state index in [2.05, 4.69) is 24.3 Å². The van der Waals surface area contributed by atoms with E-state index in [0.717, 1.165) is 30.5 Å². The molecule has 1 saturated carbocycles. The number of aromatic nitrogens is 2. The molecular weight excluding hydrogens is 272 g/mol. The Labute approximate surface area is 124 Å². The number of nitrogens with two attached hydrogens (primary N) is 1. The largest absolute Gasteiger partial charge is 0.392 e. The summed E-state index contributed by atoms with van der Waals surface area (Å²) in [6.07, 6.45) is 4.29. The molecular formula is C14H22N4OS. The summed E-state index contributed by atoms with van der Waals surface area (Å²) in [7, 11) is 1.88. The second-order valence-corrected chi connectivity index (χ2v) is 6.21. The number of thiocarbonyl (C=S) groups is 1. The molecule has 1 heterocycles. The predicted molar refractivity (Wildman–Crippen MR) is 82.0 cm³/mol. The van der Waals surface area contributed by atoms with Crippen molar-refractivity contribution in [3.8, 4) is 0 Å². The standard InChI is InChI=1S/C14H22N4OS/c1-4-11-10(8-18(3)17-11)7-16-13(19)14(12(15)20)5-9(2)6-14/h8-9H,4-7H2,1-3H3,(H2,15,20)(H,16,19). The van der Waals surface area contributed by atoms with Gasteiger partial charge in [0.15, 0.2) is 0 Å². The van der Waals surface area contributed by atoms with E-state index in [9.17, 15) is 4.79 Å². The van der Waals surface area contributed by atoms with Gasteiger partial charge < -0.3 is 11.1 Å². The third-order valence-corrected chi connectivity index (χ3v) is 4.46. The summed E-state index contributed by atoms with van der Waals surface area (Å²) in [4.78, 5) is 12.7. The average molecular weight is 294 g/mol. The maximum absolute atomic E-state index is 12.4. The van der Waals surface area contributed by atoms with Crippen molar-refractivity contribution < 1.29 is 4.79 Å². The Morgan fingerprint density at radius 3 is 2.80 bits per heavy atom. The first-order valence-corrected chi connectivity index (χ1v) is 7.39. The third-order valence-electron chi connectivity index (χ3n) is 4.07. The van der Waals surface area contributed by atoms with E-state index >= 15 is 0 Å². The number of hydrogen-bond donors (Lipinski definition) is 2. The lowest BCUT2D eigenvalue weighted by Crippen LogP contribution is -2.55. The van der Waals surface area contributed by atoms with Gasteiger partial charge in [0.1, 0.15) is 0 Å². The van der Waals surface area contributed by atoms with Crippen molar-refractivity contribution in [2.24, 2.45) is 24.1 Å². The van der Waals surface area contributed by atoms with Crippen LogP contribution < -0.4 is 11.1 Å². The van der Waals surface area contributed by atoms with Gasteiger partial charge in [-0.2, -0.15) is 5.10 Å². The molecule has 1 fully saturated rings. The van der Waals surface area contributed by atoms with Crippen molar-refractivity contribution in [3.63, 3.8) is 0 Å². The molecule has 0 aromatic carbocycles. The lowest BCUT2D eigenvalue weighted by Gasteiger charge is -2.44. The molecule has 20 heavy (non-hydrogen) atoms. The number of rotatable bonds is 5. The van der Waals surface area contributed by atoms with E-state index in [1.165, 1.54) is 0 Å². The summed E-state index contributed by atoms with van der Waals surface area (Å²) < 4.78 is 1.77. The zero-order valence-electron chi connectivity index (χ0n) is 12.3. The molecule has 1 aromatic heterocycles. The average Bonchev–Trinajstić information content (AvgIpc) is 2.71. The van der Waals surface area contributed by atoms with Crippen molar-refractivity contribution >= 4 is 23.1 Å². The van der Waals surface area contributed by atoms with Crippen molar-refractivity contribution in [2.45, 2.75) is 39.7 Å². The Kier molecular flexibility index (Phi) is 4.13. The van der Waals surface area contributed by atoms with Crippen LogP contribution in [-0.2, 0) is 24.8 Å². The molecule has 0 bridgehead atoms. The molecule has 5 nitrogen and oxygen atoms in total. The molecule has 6 heteroatoms. The summed E-state index contributed by atoms with van der Waals surface area (Å²) in [6.45, 7) is 4.65. The Morgan fingerprint density at radius 2 is 2.30 bits per heavy atom. The summed E-state index contributed by atoms with van der Waals surface area (Å²) in [5, 5.41) is 7.34. The minimum Gasteiger partial charge on any atom is -0.392 e. The number of aryl methyl sites for hydroxylation is 2. The molecule has 0 atom stereocenters. The van der Waals surface area contributed by atoms with Gasteiger partial charge in [-0.25, -0.2) is 0 Å². The maximum atomic E-state index is 12.4. The van der Waals surface area contributed by atoms with Crippen LogP contribution in [0.4, 0.5) is 0 Å². The number of nitrogens with one attached hydrogen (secondary N) is 1. The lowest BCUT2D eigenvalue weighted by atomic mass is 9.62. The topological polar surface area (TPSA) is 72.9 Å². The van der Waals surface area contributed by atoms with E-state index in [1.54, 1.807) is 4.68 Å². The van der Waals surface area contributed by atoms with Crippen LogP contribution >= 0.6 is 12.2 Å². The number of amides is 1. The first kappa shape index (κ1) is 15.0. The van der Waals surface area contributed by atoms with Gasteiger partial charge in [-0.05, 0) is 25.2 Å². The smallest absolute Gasteiger partial charge is 0.233 e. The Bertz CT molecular complexity index is 531. The molecule has 1 amide bonds. The van der Waals surface area contributed by atoms with Crippen molar-refractivity contribution in [1.82, 2.24) is 15.1 Å². The molecule has 0 aliphatic heterocycles. The lowest BCUT2D eigenvalue weighted by molar-refractivity contribution is -0.133. The zero-order valence-corrected chi connectivity index (χ0v) is 13.1. The Morgan fingerprint density at radius 1 is 1.65 bits per heavy atom. The molecule has 0 radical (unpaired) electrons. The van der Waals surface area contributed by atoms with Gasteiger partial charge in [-0.1, -0.05) is 26.1 Å². The molecule has 3 N–H and O–H groups in total. The van der Waals surface area contributed by atoms with Crippen LogP contribution in [0.1, 0.15) is 37.9 Å². The van der Waals surface area contributed by atoms with Crippen LogP contribution in [0.2, 0.25) is 0 Å². The van der Waals surface area contributed by atoms with Gasteiger partial charge in [0.05, 0.1) is 16.1 Å². The molecule has 1 aromatic rings. The Balaban J connectivity index is 2.03. The normalized spacial score (nSPS) is 25.1. The van der Waals surface area contributed by atoms with Crippen LogP contribution in [-0.4, -0.2) is 20.7 Å². The monoisotopic (exact) mass is 294 g/mol. The van der Waals surface area contributed by atoms with Crippen LogP contribution in [0, 0.1) is 11.3 Å². The molecule has 1 aliphatic carbocycles. The molecule has 0 unspecified atom stereocenters. The fraction of sp³-hybridized carbons (Fsp3) is 0.643. The Hall–Kier alpha value is -1.43.